The Kier molecular flexibility index (Phi) is 1.89. The Labute approximate surface area is 59.0 Å². The second kappa shape index (κ2) is 2.54. The van der Waals surface area contributed by atoms with Crippen LogP contribution in [0.3, 0.4) is 0 Å². The van der Waals surface area contributed by atoms with Crippen LogP contribution >= 0.6 is 0 Å². The molecule has 1 aliphatic heterocycles. The van der Waals surface area contributed by atoms with Crippen molar-refractivity contribution in [3.8, 4) is 0 Å². The summed E-state index contributed by atoms with van der Waals surface area (Å²) in [5, 5.41) is 0. The second-order valence-electron chi connectivity index (χ2n) is 2.69. The lowest BCUT2D eigenvalue weighted by Gasteiger charge is -2.13. The van der Waals surface area contributed by atoms with Crippen molar-refractivity contribution in [3.63, 3.8) is 0 Å². The molecule has 0 aromatic heterocycles. The molecule has 2 N–H and O–H groups in total. The summed E-state index contributed by atoms with van der Waals surface area (Å²) in [4.78, 5) is 12.2. The molecule has 0 saturated carbocycles. The zero-order chi connectivity index (χ0) is 7.72. The first-order chi connectivity index (χ1) is 4.61. The number of amides is 1. The molecule has 4 heteroatoms. The number of carbonyl (C=O) groups is 1. The maximum atomic E-state index is 12.5. The van der Waals surface area contributed by atoms with Crippen LogP contribution in [0.15, 0.2) is 0 Å². The van der Waals surface area contributed by atoms with Crippen molar-refractivity contribution in [1.29, 1.82) is 0 Å². The molecule has 0 aliphatic carbocycles. The summed E-state index contributed by atoms with van der Waals surface area (Å²) in [6.07, 6.45) is -0.631. The quantitative estimate of drug-likeness (QED) is 0.542. The molecule has 2 atom stereocenters. The first kappa shape index (κ1) is 7.47. The molecule has 0 aromatic rings. The van der Waals surface area contributed by atoms with Crippen LogP contribution in [0.5, 0.6) is 0 Å². The van der Waals surface area contributed by atoms with Gasteiger partial charge < -0.3 is 5.73 Å². The Morgan fingerprint density at radius 1 is 1.80 bits per heavy atom. The topological polar surface area (TPSA) is 46.3 Å². The Morgan fingerprint density at radius 3 is 2.60 bits per heavy atom. The third-order valence-corrected chi connectivity index (χ3v) is 1.83. The highest BCUT2D eigenvalue weighted by Gasteiger charge is 2.32. The van der Waals surface area contributed by atoms with Gasteiger partial charge in [-0.2, -0.15) is 0 Å². The molecule has 10 heavy (non-hydrogen) atoms. The van der Waals surface area contributed by atoms with Crippen LogP contribution in [0.4, 0.5) is 4.39 Å². The molecule has 0 radical (unpaired) electrons. The first-order valence-electron chi connectivity index (χ1n) is 3.25. The number of alkyl halides is 1. The van der Waals surface area contributed by atoms with Gasteiger partial charge in [-0.05, 0) is 7.05 Å². The van der Waals surface area contributed by atoms with E-state index in [-0.39, 0.29) is 6.42 Å². The van der Waals surface area contributed by atoms with E-state index < -0.39 is 18.1 Å². The minimum absolute atomic E-state index is 0.256. The number of likely N-dealkylation sites (tertiary alicyclic amines) is 1. The lowest BCUT2D eigenvalue weighted by Crippen LogP contribution is -2.37. The molecule has 0 bridgehead atoms. The van der Waals surface area contributed by atoms with Crippen LogP contribution in [0.1, 0.15) is 6.42 Å². The monoisotopic (exact) mass is 146 g/mol. The maximum absolute atomic E-state index is 12.5. The number of hydrogen-bond donors (Lipinski definition) is 1. The number of likely N-dealkylation sites (N-methyl/N-ethyl adjacent to an activating group) is 1. The second-order valence-corrected chi connectivity index (χ2v) is 2.69. The molecule has 3 nitrogen and oxygen atoms in total. The van der Waals surface area contributed by atoms with E-state index in [1.54, 1.807) is 11.9 Å². The molecule has 1 aliphatic rings. The molecule has 0 aromatic carbocycles. The van der Waals surface area contributed by atoms with Crippen molar-refractivity contribution < 1.29 is 9.18 Å². The van der Waals surface area contributed by atoms with E-state index in [4.69, 9.17) is 5.73 Å². The Hall–Kier alpha value is -0.640. The number of carbonyl (C=O) groups excluding carboxylic acids is 1. The minimum atomic E-state index is -0.887. The fourth-order valence-electron chi connectivity index (χ4n) is 1.27. The molecule has 0 spiro atoms. The average Bonchev–Trinajstić information content (AvgIpc) is 2.10. The molecular weight excluding hydrogens is 135 g/mol. The molecule has 1 rings (SSSR count). The van der Waals surface area contributed by atoms with Gasteiger partial charge in [0.05, 0.1) is 6.04 Å². The van der Waals surface area contributed by atoms with Crippen LogP contribution in [-0.2, 0) is 4.79 Å². The Bertz CT molecular complexity index is 151. The van der Waals surface area contributed by atoms with Crippen LogP contribution in [0, 0.1) is 0 Å². The van der Waals surface area contributed by atoms with Gasteiger partial charge in [-0.15, -0.1) is 0 Å². The summed E-state index contributed by atoms with van der Waals surface area (Å²) in [6.45, 7) is 0.327. The fraction of sp³-hybridized carbons (Fsp3) is 0.833. The summed E-state index contributed by atoms with van der Waals surface area (Å²) >= 11 is 0. The summed E-state index contributed by atoms with van der Waals surface area (Å²) < 4.78 is 12.5. The summed E-state index contributed by atoms with van der Waals surface area (Å²) in [6, 6.07) is -0.394. The van der Waals surface area contributed by atoms with Crippen LogP contribution in [0.25, 0.3) is 0 Å². The van der Waals surface area contributed by atoms with E-state index in [1.807, 2.05) is 0 Å². The fourth-order valence-corrected chi connectivity index (χ4v) is 1.27. The SMILES string of the molecule is CN1C[C@@H](F)CC1C(N)=O. The van der Waals surface area contributed by atoms with Crippen LogP contribution < -0.4 is 5.73 Å². The molecular formula is C6H11FN2O. The minimum Gasteiger partial charge on any atom is -0.368 e. The number of primary amides is 1. The standard InChI is InChI=1S/C6H11FN2O/c1-9-3-4(7)2-5(9)6(8)10/h4-5H,2-3H2,1H3,(H2,8,10)/t4-,5?/m0/s1. The molecule has 58 valence electrons. The van der Waals surface area contributed by atoms with Gasteiger partial charge in [0, 0.05) is 13.0 Å². The maximum Gasteiger partial charge on any atom is 0.234 e. The molecule has 1 amide bonds. The van der Waals surface area contributed by atoms with Gasteiger partial charge in [0.2, 0.25) is 5.91 Å². The van der Waals surface area contributed by atoms with Gasteiger partial charge in [0.25, 0.3) is 0 Å². The van der Waals surface area contributed by atoms with Crippen molar-refractivity contribution in [2.75, 3.05) is 13.6 Å². The molecule has 1 heterocycles. The highest BCUT2D eigenvalue weighted by molar-refractivity contribution is 5.80. The van der Waals surface area contributed by atoms with Crippen molar-refractivity contribution in [2.24, 2.45) is 5.73 Å². The van der Waals surface area contributed by atoms with Crippen molar-refractivity contribution in [3.05, 3.63) is 0 Å². The molecule has 1 unspecified atom stereocenters. The van der Waals surface area contributed by atoms with Crippen molar-refractivity contribution >= 4 is 5.91 Å². The first-order valence-corrected chi connectivity index (χ1v) is 3.25. The predicted molar refractivity (Wildman–Crippen MR) is 35.1 cm³/mol. The highest BCUT2D eigenvalue weighted by Crippen LogP contribution is 2.17. The number of hydrogen-bond acceptors (Lipinski definition) is 2. The smallest absolute Gasteiger partial charge is 0.234 e. The van der Waals surface area contributed by atoms with Crippen molar-refractivity contribution in [2.45, 2.75) is 18.6 Å². The van der Waals surface area contributed by atoms with Gasteiger partial charge >= 0.3 is 0 Å². The van der Waals surface area contributed by atoms with Gasteiger partial charge in [0.15, 0.2) is 0 Å². The highest BCUT2D eigenvalue weighted by atomic mass is 19.1. The van der Waals surface area contributed by atoms with Gasteiger partial charge in [-0.25, -0.2) is 4.39 Å². The third-order valence-electron chi connectivity index (χ3n) is 1.83. The largest absolute Gasteiger partial charge is 0.368 e. The van der Waals surface area contributed by atoms with Crippen LogP contribution in [0.2, 0.25) is 0 Å². The van der Waals surface area contributed by atoms with Crippen molar-refractivity contribution in [1.82, 2.24) is 4.90 Å². The summed E-state index contributed by atoms with van der Waals surface area (Å²) in [5.41, 5.74) is 5.00. The Morgan fingerprint density at radius 2 is 2.40 bits per heavy atom. The Balaban J connectivity index is 2.54. The summed E-state index contributed by atoms with van der Waals surface area (Å²) in [7, 11) is 1.70. The zero-order valence-corrected chi connectivity index (χ0v) is 5.88. The lowest BCUT2D eigenvalue weighted by atomic mass is 10.2. The number of rotatable bonds is 1. The van der Waals surface area contributed by atoms with E-state index in [0.717, 1.165) is 0 Å². The van der Waals surface area contributed by atoms with E-state index in [9.17, 15) is 9.18 Å². The lowest BCUT2D eigenvalue weighted by molar-refractivity contribution is -0.121. The van der Waals surface area contributed by atoms with Gasteiger partial charge in [0.1, 0.15) is 6.17 Å². The molecule has 1 saturated heterocycles. The van der Waals surface area contributed by atoms with E-state index >= 15 is 0 Å². The number of nitrogens with zero attached hydrogens (tertiary/aromatic N) is 1. The zero-order valence-electron chi connectivity index (χ0n) is 5.88. The number of nitrogens with two attached hydrogens (primary N) is 1. The number of halogens is 1. The van der Waals surface area contributed by atoms with Gasteiger partial charge in [-0.3, -0.25) is 9.69 Å². The van der Waals surface area contributed by atoms with E-state index in [0.29, 0.717) is 6.54 Å². The normalized spacial score (nSPS) is 34.6. The van der Waals surface area contributed by atoms with E-state index in [2.05, 4.69) is 0 Å². The van der Waals surface area contributed by atoms with E-state index in [1.165, 1.54) is 0 Å². The molecule has 1 fully saturated rings. The van der Waals surface area contributed by atoms with Gasteiger partial charge in [-0.1, -0.05) is 0 Å². The third kappa shape index (κ3) is 1.26. The van der Waals surface area contributed by atoms with Crippen LogP contribution in [-0.4, -0.2) is 36.6 Å². The predicted octanol–water partition coefficient (Wildman–Crippen LogP) is -0.486. The average molecular weight is 146 g/mol. The summed E-state index contributed by atoms with van der Waals surface area (Å²) in [5.74, 6) is -0.428.